The van der Waals surface area contributed by atoms with E-state index in [9.17, 15) is 14.7 Å². The van der Waals surface area contributed by atoms with Crippen LogP contribution in [-0.2, 0) is 4.79 Å². The Balaban J connectivity index is 2.90. The summed E-state index contributed by atoms with van der Waals surface area (Å²) in [6, 6.07) is 3.64. The lowest BCUT2D eigenvalue weighted by Crippen LogP contribution is -2.40. The van der Waals surface area contributed by atoms with E-state index in [4.69, 9.17) is 5.11 Å². The molecule has 0 saturated heterocycles. The van der Waals surface area contributed by atoms with Crippen LogP contribution in [0.1, 0.15) is 29.3 Å². The van der Waals surface area contributed by atoms with Crippen molar-refractivity contribution in [2.45, 2.75) is 26.3 Å². The molecule has 1 amide bonds. The number of carboxylic acid groups (broad SMARTS) is 1. The number of amides is 1. The summed E-state index contributed by atoms with van der Waals surface area (Å²) in [6.07, 6.45) is 0.305. The zero-order valence-corrected chi connectivity index (χ0v) is 9.73. The van der Waals surface area contributed by atoms with Crippen molar-refractivity contribution in [1.29, 1.82) is 0 Å². The van der Waals surface area contributed by atoms with E-state index in [0.29, 0.717) is 12.0 Å². The predicted molar refractivity (Wildman–Crippen MR) is 62.0 cm³/mol. The normalized spacial score (nSPS) is 11.9. The van der Waals surface area contributed by atoms with Gasteiger partial charge in [0.05, 0.1) is 0 Å². The fraction of sp³-hybridized carbons (Fsp3) is 0.333. The van der Waals surface area contributed by atoms with E-state index in [1.165, 1.54) is 6.07 Å². The van der Waals surface area contributed by atoms with E-state index < -0.39 is 17.9 Å². The Bertz CT molecular complexity index is 442. The molecule has 0 heterocycles. The van der Waals surface area contributed by atoms with Crippen LogP contribution in [0.2, 0.25) is 0 Å². The van der Waals surface area contributed by atoms with Crippen LogP contribution in [0.3, 0.4) is 0 Å². The number of phenols is 1. The molecule has 17 heavy (non-hydrogen) atoms. The molecule has 1 aromatic carbocycles. The van der Waals surface area contributed by atoms with Gasteiger partial charge in [-0.25, -0.2) is 4.79 Å². The van der Waals surface area contributed by atoms with Gasteiger partial charge in [0.15, 0.2) is 0 Å². The predicted octanol–water partition coefficient (Wildman–Crippen LogP) is 1.29. The topological polar surface area (TPSA) is 86.6 Å². The molecular formula is C12H15NO4. The molecule has 0 saturated carbocycles. The number of aromatic hydroxyl groups is 1. The number of benzene rings is 1. The third kappa shape index (κ3) is 2.96. The number of rotatable bonds is 4. The van der Waals surface area contributed by atoms with E-state index in [1.54, 1.807) is 26.0 Å². The number of phenolic OH excluding ortho intramolecular Hbond substituents is 1. The van der Waals surface area contributed by atoms with E-state index >= 15 is 0 Å². The van der Waals surface area contributed by atoms with Gasteiger partial charge in [0, 0.05) is 11.1 Å². The number of aliphatic carboxylic acids is 1. The Kier molecular flexibility index (Phi) is 4.09. The van der Waals surface area contributed by atoms with Crippen molar-refractivity contribution in [2.24, 2.45) is 0 Å². The highest BCUT2D eigenvalue weighted by Gasteiger charge is 2.19. The number of nitrogens with one attached hydrogen (secondary N) is 1. The number of hydrogen-bond donors (Lipinski definition) is 3. The monoisotopic (exact) mass is 237 g/mol. The van der Waals surface area contributed by atoms with Gasteiger partial charge in [0.25, 0.3) is 5.91 Å². The molecule has 5 heteroatoms. The molecule has 0 spiro atoms. The van der Waals surface area contributed by atoms with Gasteiger partial charge in [-0.1, -0.05) is 13.0 Å². The number of carbonyl (C=O) groups excluding carboxylic acids is 1. The first-order valence-corrected chi connectivity index (χ1v) is 5.29. The largest absolute Gasteiger partial charge is 0.508 e. The van der Waals surface area contributed by atoms with E-state index in [2.05, 4.69) is 5.32 Å². The molecule has 92 valence electrons. The Morgan fingerprint density at radius 3 is 2.59 bits per heavy atom. The molecule has 0 unspecified atom stereocenters. The lowest BCUT2D eigenvalue weighted by molar-refractivity contribution is -0.139. The second kappa shape index (κ2) is 5.34. The average molecular weight is 237 g/mol. The Labute approximate surface area is 99.1 Å². The standard InChI is InChI=1S/C12H15NO4/c1-3-9(12(16)17)13-11(15)8-5-4-6-10(14)7(8)2/h4-6,9,14H,3H2,1-2H3,(H,13,15)(H,16,17)/t9-/m0/s1. The van der Waals surface area contributed by atoms with Crippen molar-refractivity contribution in [1.82, 2.24) is 5.32 Å². The van der Waals surface area contributed by atoms with Crippen LogP contribution >= 0.6 is 0 Å². The van der Waals surface area contributed by atoms with Crippen LogP contribution in [0.4, 0.5) is 0 Å². The minimum atomic E-state index is -1.07. The molecule has 1 atom stereocenters. The summed E-state index contributed by atoms with van der Waals surface area (Å²) in [5.41, 5.74) is 0.718. The molecule has 0 aliphatic carbocycles. The maximum Gasteiger partial charge on any atom is 0.326 e. The van der Waals surface area contributed by atoms with E-state index in [0.717, 1.165) is 0 Å². The first-order valence-electron chi connectivity index (χ1n) is 5.29. The molecule has 0 aromatic heterocycles. The minimum Gasteiger partial charge on any atom is -0.508 e. The van der Waals surface area contributed by atoms with Gasteiger partial charge in [-0.2, -0.15) is 0 Å². The summed E-state index contributed by atoms with van der Waals surface area (Å²) < 4.78 is 0. The smallest absolute Gasteiger partial charge is 0.326 e. The van der Waals surface area contributed by atoms with Crippen molar-refractivity contribution < 1.29 is 19.8 Å². The maximum absolute atomic E-state index is 11.8. The lowest BCUT2D eigenvalue weighted by atomic mass is 10.1. The molecule has 0 radical (unpaired) electrons. The fourth-order valence-electron chi connectivity index (χ4n) is 1.44. The second-order valence-electron chi connectivity index (χ2n) is 3.72. The second-order valence-corrected chi connectivity index (χ2v) is 3.72. The number of carboxylic acids is 1. The minimum absolute atomic E-state index is 0.0148. The SMILES string of the molecule is CC[C@H](NC(=O)c1cccc(O)c1C)C(=O)O. The van der Waals surface area contributed by atoms with Crippen LogP contribution in [0.15, 0.2) is 18.2 Å². The van der Waals surface area contributed by atoms with Gasteiger partial charge in [0.2, 0.25) is 0 Å². The van der Waals surface area contributed by atoms with Crippen LogP contribution in [0.5, 0.6) is 5.75 Å². The van der Waals surface area contributed by atoms with Gasteiger partial charge in [-0.05, 0) is 25.5 Å². The Morgan fingerprint density at radius 2 is 2.06 bits per heavy atom. The quantitative estimate of drug-likeness (QED) is 0.736. The zero-order chi connectivity index (χ0) is 13.0. The van der Waals surface area contributed by atoms with Crippen LogP contribution in [0.25, 0.3) is 0 Å². The first kappa shape index (κ1) is 13.0. The van der Waals surface area contributed by atoms with Gasteiger partial charge < -0.3 is 15.5 Å². The molecular weight excluding hydrogens is 222 g/mol. The third-order valence-electron chi connectivity index (χ3n) is 2.56. The van der Waals surface area contributed by atoms with Crippen LogP contribution in [-0.4, -0.2) is 28.1 Å². The van der Waals surface area contributed by atoms with Crippen molar-refractivity contribution in [3.05, 3.63) is 29.3 Å². The fourth-order valence-corrected chi connectivity index (χ4v) is 1.44. The summed E-state index contributed by atoms with van der Waals surface area (Å²) in [5, 5.41) is 20.7. The zero-order valence-electron chi connectivity index (χ0n) is 9.73. The summed E-state index contributed by atoms with van der Waals surface area (Å²) in [6.45, 7) is 3.28. The highest BCUT2D eigenvalue weighted by atomic mass is 16.4. The highest BCUT2D eigenvalue weighted by molar-refractivity contribution is 5.98. The molecule has 0 aliphatic heterocycles. The lowest BCUT2D eigenvalue weighted by Gasteiger charge is -2.13. The molecule has 1 aromatic rings. The molecule has 0 aliphatic rings. The van der Waals surface area contributed by atoms with Gasteiger partial charge in [-0.3, -0.25) is 4.79 Å². The summed E-state index contributed by atoms with van der Waals surface area (Å²) in [4.78, 5) is 22.6. The van der Waals surface area contributed by atoms with E-state index in [1.807, 2.05) is 0 Å². The molecule has 5 nitrogen and oxygen atoms in total. The number of carbonyl (C=O) groups is 2. The highest BCUT2D eigenvalue weighted by Crippen LogP contribution is 2.19. The molecule has 1 rings (SSSR count). The molecule has 0 fully saturated rings. The van der Waals surface area contributed by atoms with E-state index in [-0.39, 0.29) is 11.3 Å². The first-order chi connectivity index (χ1) is 7.97. The van der Waals surface area contributed by atoms with Gasteiger partial charge >= 0.3 is 5.97 Å². The summed E-state index contributed by atoms with van der Waals surface area (Å²) in [7, 11) is 0. The third-order valence-corrected chi connectivity index (χ3v) is 2.56. The Morgan fingerprint density at radius 1 is 1.41 bits per heavy atom. The van der Waals surface area contributed by atoms with Gasteiger partial charge in [0.1, 0.15) is 11.8 Å². The summed E-state index contributed by atoms with van der Waals surface area (Å²) in [5.74, 6) is -1.55. The van der Waals surface area contributed by atoms with Gasteiger partial charge in [-0.15, -0.1) is 0 Å². The molecule has 3 N–H and O–H groups in total. The maximum atomic E-state index is 11.8. The van der Waals surface area contributed by atoms with Crippen LogP contribution in [0, 0.1) is 6.92 Å². The van der Waals surface area contributed by atoms with Crippen molar-refractivity contribution in [3.63, 3.8) is 0 Å². The molecule has 0 bridgehead atoms. The van der Waals surface area contributed by atoms with Crippen molar-refractivity contribution in [2.75, 3.05) is 0 Å². The number of hydrogen-bond acceptors (Lipinski definition) is 3. The van der Waals surface area contributed by atoms with Crippen molar-refractivity contribution >= 4 is 11.9 Å². The Hall–Kier alpha value is -2.04. The summed E-state index contributed by atoms with van der Waals surface area (Å²) >= 11 is 0. The van der Waals surface area contributed by atoms with Crippen LogP contribution < -0.4 is 5.32 Å². The van der Waals surface area contributed by atoms with Crippen molar-refractivity contribution in [3.8, 4) is 5.75 Å². The average Bonchev–Trinajstić information content (AvgIpc) is 2.28.